The van der Waals surface area contributed by atoms with E-state index in [0.717, 1.165) is 17.0 Å². The first-order valence-electron chi connectivity index (χ1n) is 5.52. The van der Waals surface area contributed by atoms with Gasteiger partial charge in [0.2, 0.25) is 0 Å². The standard InChI is InChI=1S/C16H15N/c1-5-14-10-11-16(17(4)13(14)3)15-8-6-12(2)7-9-15/h1,6-11H,3H2,2,4H3. The van der Waals surface area contributed by atoms with Gasteiger partial charge < -0.3 is 4.90 Å². The van der Waals surface area contributed by atoms with Crippen LogP contribution in [0.5, 0.6) is 0 Å². The van der Waals surface area contributed by atoms with E-state index in [-0.39, 0.29) is 0 Å². The molecular formula is C16H15N. The van der Waals surface area contributed by atoms with Crippen molar-refractivity contribution in [1.82, 2.24) is 4.90 Å². The Balaban J connectivity index is 2.44. The summed E-state index contributed by atoms with van der Waals surface area (Å²) in [5.74, 6) is 2.64. The lowest BCUT2D eigenvalue weighted by Crippen LogP contribution is -2.19. The largest absolute Gasteiger partial charge is 0.344 e. The molecule has 0 atom stereocenters. The highest BCUT2D eigenvalue weighted by Gasteiger charge is 2.15. The first-order valence-corrected chi connectivity index (χ1v) is 5.52. The number of nitrogens with zero attached hydrogens (tertiary/aromatic N) is 1. The third-order valence-corrected chi connectivity index (χ3v) is 2.99. The Morgan fingerprint density at radius 2 is 1.82 bits per heavy atom. The molecule has 1 nitrogen and oxygen atoms in total. The molecule has 2 rings (SSSR count). The lowest BCUT2D eigenvalue weighted by atomic mass is 10.0. The predicted octanol–water partition coefficient (Wildman–Crippen LogP) is 3.35. The van der Waals surface area contributed by atoms with Crippen LogP contribution < -0.4 is 0 Å². The Labute approximate surface area is 103 Å². The van der Waals surface area contributed by atoms with Crippen LogP contribution in [0, 0.1) is 19.3 Å². The van der Waals surface area contributed by atoms with Gasteiger partial charge in [-0.05, 0) is 24.6 Å². The first-order chi connectivity index (χ1) is 8.13. The summed E-state index contributed by atoms with van der Waals surface area (Å²) in [6.45, 7) is 6.10. The van der Waals surface area contributed by atoms with Crippen molar-refractivity contribution in [3.05, 3.63) is 65.4 Å². The maximum atomic E-state index is 5.42. The van der Waals surface area contributed by atoms with Crippen LogP contribution in [0.25, 0.3) is 5.70 Å². The second kappa shape index (κ2) is 4.35. The van der Waals surface area contributed by atoms with Gasteiger partial charge in [-0.3, -0.25) is 0 Å². The van der Waals surface area contributed by atoms with E-state index in [2.05, 4.69) is 43.7 Å². The number of likely N-dealkylation sites (N-methyl/N-ethyl adjacent to an activating group) is 1. The number of allylic oxidation sites excluding steroid dienone is 3. The molecule has 0 aliphatic carbocycles. The van der Waals surface area contributed by atoms with Crippen LogP contribution in [0.4, 0.5) is 0 Å². The smallest absolute Gasteiger partial charge is 0.0494 e. The summed E-state index contributed by atoms with van der Waals surface area (Å²) >= 11 is 0. The molecule has 17 heavy (non-hydrogen) atoms. The van der Waals surface area contributed by atoms with Gasteiger partial charge in [0.05, 0.1) is 0 Å². The summed E-state index contributed by atoms with van der Waals surface area (Å²) in [5, 5.41) is 0. The van der Waals surface area contributed by atoms with E-state index in [1.54, 1.807) is 0 Å². The van der Waals surface area contributed by atoms with Crippen molar-refractivity contribution in [2.45, 2.75) is 6.92 Å². The van der Waals surface area contributed by atoms with Crippen molar-refractivity contribution >= 4 is 5.70 Å². The summed E-state index contributed by atoms with van der Waals surface area (Å²) in [4.78, 5) is 2.03. The highest BCUT2D eigenvalue weighted by molar-refractivity contribution is 5.72. The number of hydrogen-bond donors (Lipinski definition) is 0. The van der Waals surface area contributed by atoms with E-state index in [9.17, 15) is 0 Å². The van der Waals surface area contributed by atoms with Gasteiger partial charge in [0.25, 0.3) is 0 Å². The van der Waals surface area contributed by atoms with Crippen molar-refractivity contribution in [3.63, 3.8) is 0 Å². The Hall–Kier alpha value is -2.20. The van der Waals surface area contributed by atoms with Crippen LogP contribution in [0.15, 0.2) is 54.3 Å². The van der Waals surface area contributed by atoms with E-state index >= 15 is 0 Å². The number of aryl methyl sites for hydroxylation is 1. The summed E-state index contributed by atoms with van der Waals surface area (Å²) in [6.07, 6.45) is 9.40. The van der Waals surface area contributed by atoms with E-state index < -0.39 is 0 Å². The van der Waals surface area contributed by atoms with Crippen molar-refractivity contribution in [1.29, 1.82) is 0 Å². The van der Waals surface area contributed by atoms with Gasteiger partial charge in [-0.1, -0.05) is 42.3 Å². The van der Waals surface area contributed by atoms with Gasteiger partial charge in [-0.25, -0.2) is 0 Å². The van der Waals surface area contributed by atoms with Gasteiger partial charge >= 0.3 is 0 Å². The summed E-state index contributed by atoms with van der Waals surface area (Å²) in [5.41, 5.74) is 5.25. The second-order valence-electron chi connectivity index (χ2n) is 4.15. The highest BCUT2D eigenvalue weighted by Crippen LogP contribution is 2.28. The summed E-state index contributed by atoms with van der Waals surface area (Å²) in [7, 11) is 1.98. The zero-order valence-corrected chi connectivity index (χ0v) is 10.2. The Kier molecular flexibility index (Phi) is 2.89. The predicted molar refractivity (Wildman–Crippen MR) is 73.0 cm³/mol. The molecule has 1 aliphatic rings. The van der Waals surface area contributed by atoms with Crippen molar-refractivity contribution < 1.29 is 0 Å². The van der Waals surface area contributed by atoms with Crippen LogP contribution in [0.1, 0.15) is 11.1 Å². The van der Waals surface area contributed by atoms with Crippen LogP contribution in [-0.2, 0) is 0 Å². The van der Waals surface area contributed by atoms with Crippen molar-refractivity contribution in [2.75, 3.05) is 7.05 Å². The fourth-order valence-electron chi connectivity index (χ4n) is 1.84. The Morgan fingerprint density at radius 1 is 1.18 bits per heavy atom. The maximum Gasteiger partial charge on any atom is 0.0494 e. The number of rotatable bonds is 1. The third kappa shape index (κ3) is 2.03. The maximum absolute atomic E-state index is 5.42. The van der Waals surface area contributed by atoms with Gasteiger partial charge in [0.15, 0.2) is 0 Å². The molecule has 0 aromatic heterocycles. The van der Waals surface area contributed by atoms with E-state index in [0.29, 0.717) is 0 Å². The van der Waals surface area contributed by atoms with Crippen molar-refractivity contribution in [3.8, 4) is 12.3 Å². The average molecular weight is 221 g/mol. The monoisotopic (exact) mass is 221 g/mol. The van der Waals surface area contributed by atoms with Gasteiger partial charge in [0, 0.05) is 24.0 Å². The molecule has 0 bridgehead atoms. The number of benzene rings is 1. The molecule has 0 saturated heterocycles. The molecule has 1 aliphatic heterocycles. The molecule has 1 aromatic rings. The molecule has 0 amide bonds. The summed E-state index contributed by atoms with van der Waals surface area (Å²) in [6, 6.07) is 8.43. The zero-order valence-electron chi connectivity index (χ0n) is 10.2. The molecule has 1 heteroatoms. The second-order valence-corrected chi connectivity index (χ2v) is 4.15. The van der Waals surface area contributed by atoms with Crippen LogP contribution in [0.3, 0.4) is 0 Å². The van der Waals surface area contributed by atoms with Crippen LogP contribution in [0.2, 0.25) is 0 Å². The molecule has 84 valence electrons. The normalized spacial score (nSPS) is 15.1. The zero-order chi connectivity index (χ0) is 12.4. The van der Waals surface area contributed by atoms with Crippen LogP contribution in [-0.4, -0.2) is 11.9 Å². The van der Waals surface area contributed by atoms with Crippen LogP contribution >= 0.6 is 0 Å². The minimum absolute atomic E-state index is 0.836. The lowest BCUT2D eigenvalue weighted by Gasteiger charge is -2.28. The molecule has 0 fully saturated rings. The molecule has 0 spiro atoms. The molecule has 1 aromatic carbocycles. The van der Waals surface area contributed by atoms with Crippen molar-refractivity contribution in [2.24, 2.45) is 0 Å². The fraction of sp³-hybridized carbons (Fsp3) is 0.125. The topological polar surface area (TPSA) is 3.24 Å². The summed E-state index contributed by atoms with van der Waals surface area (Å²) < 4.78 is 0. The van der Waals surface area contributed by atoms with Gasteiger partial charge in [-0.15, -0.1) is 6.42 Å². The third-order valence-electron chi connectivity index (χ3n) is 2.99. The molecule has 0 saturated carbocycles. The van der Waals surface area contributed by atoms with E-state index in [1.165, 1.54) is 11.1 Å². The van der Waals surface area contributed by atoms with Gasteiger partial charge in [0.1, 0.15) is 0 Å². The van der Waals surface area contributed by atoms with E-state index in [4.69, 9.17) is 6.42 Å². The van der Waals surface area contributed by atoms with Gasteiger partial charge in [-0.2, -0.15) is 0 Å². The molecule has 1 heterocycles. The molecule has 0 N–H and O–H groups in total. The number of terminal acetylenes is 1. The average Bonchev–Trinajstić information content (AvgIpc) is 2.34. The molecular weight excluding hydrogens is 206 g/mol. The highest BCUT2D eigenvalue weighted by atomic mass is 15.1. The Bertz CT molecular complexity index is 550. The molecule has 0 unspecified atom stereocenters. The lowest BCUT2D eigenvalue weighted by molar-refractivity contribution is 0.609. The molecule has 0 radical (unpaired) electrons. The fourth-order valence-corrected chi connectivity index (χ4v) is 1.84. The SMILES string of the molecule is C#CC1=CC=C(c2ccc(C)cc2)N(C)C1=C. The minimum atomic E-state index is 0.836. The quantitative estimate of drug-likeness (QED) is 0.657. The first kappa shape index (κ1) is 11.3. The Morgan fingerprint density at radius 3 is 2.41 bits per heavy atom. The van der Waals surface area contributed by atoms with E-state index in [1.807, 2.05) is 24.1 Å². The number of hydrogen-bond acceptors (Lipinski definition) is 1. The minimum Gasteiger partial charge on any atom is -0.344 e.